The molecule has 0 saturated heterocycles. The van der Waals surface area contributed by atoms with Crippen LogP contribution < -0.4 is 4.74 Å². The zero-order chi connectivity index (χ0) is 22.8. The maximum atomic E-state index is 12.8. The van der Waals surface area contributed by atoms with Crippen LogP contribution in [0.4, 0.5) is 0 Å². The Balaban J connectivity index is 2.05. The number of ether oxygens (including phenoxy) is 2. The van der Waals surface area contributed by atoms with Gasteiger partial charge in [-0.05, 0) is 52.0 Å². The Morgan fingerprint density at radius 3 is 2.16 bits per heavy atom. The molecule has 0 radical (unpaired) electrons. The summed E-state index contributed by atoms with van der Waals surface area (Å²) in [4.78, 5) is 34.1. The topological polar surface area (TPSA) is 97.6 Å². The van der Waals surface area contributed by atoms with E-state index < -0.39 is 17.5 Å². The third kappa shape index (κ3) is 4.88. The molecule has 1 aliphatic heterocycles. The van der Waals surface area contributed by atoms with E-state index in [9.17, 15) is 14.7 Å². The fraction of sp³-hybridized carbons (Fsp3) is 0.250. The lowest BCUT2D eigenvalue weighted by Crippen LogP contribution is -2.28. The quantitative estimate of drug-likeness (QED) is 0.453. The Morgan fingerprint density at radius 2 is 1.61 bits per heavy atom. The van der Waals surface area contributed by atoms with Crippen molar-refractivity contribution in [1.29, 1.82) is 0 Å². The van der Waals surface area contributed by atoms with Crippen LogP contribution in [0.1, 0.15) is 49.2 Å². The predicted octanol–water partition coefficient (Wildman–Crippen LogP) is 4.26. The number of carbonyl (C=O) groups is 2. The molecule has 160 valence electrons. The van der Waals surface area contributed by atoms with Crippen molar-refractivity contribution in [3.63, 3.8) is 0 Å². The van der Waals surface area contributed by atoms with Crippen LogP contribution >= 0.6 is 0 Å². The summed E-state index contributed by atoms with van der Waals surface area (Å²) in [6, 6.07) is 13.6. The molecule has 3 rings (SSSR count). The molecule has 0 aliphatic carbocycles. The molecule has 0 bridgehead atoms. The number of allylic oxidation sites excluding steroid dienone is 1. The molecule has 1 aliphatic rings. The average Bonchev–Trinajstić information content (AvgIpc) is 3.04. The number of carbonyl (C=O) groups excluding carboxylic acids is 2. The Morgan fingerprint density at radius 1 is 1.00 bits per heavy atom. The SMILES string of the molecule is COc1ccc(C(=O)N=C2N=C(C(C(=O)OC(C)(C)C)=C(C)O)c3ccccc32)cc1. The van der Waals surface area contributed by atoms with Crippen molar-refractivity contribution < 1.29 is 24.2 Å². The number of amidine groups is 1. The third-order valence-electron chi connectivity index (χ3n) is 4.39. The second kappa shape index (κ2) is 8.55. The minimum absolute atomic E-state index is 0.0653. The number of rotatable bonds is 4. The number of fused-ring (bicyclic) bond motifs is 1. The monoisotopic (exact) mass is 420 g/mol. The molecule has 0 fully saturated rings. The highest BCUT2D eigenvalue weighted by molar-refractivity contribution is 6.36. The van der Waals surface area contributed by atoms with E-state index in [2.05, 4.69) is 9.98 Å². The fourth-order valence-electron chi connectivity index (χ4n) is 3.03. The van der Waals surface area contributed by atoms with Gasteiger partial charge in [-0.1, -0.05) is 24.3 Å². The lowest BCUT2D eigenvalue weighted by atomic mass is 9.99. The standard InChI is InChI=1S/C24H24N2O5/c1-14(27)19(23(29)31-24(2,3)4)20-17-8-6-7-9-18(17)21(25-20)26-22(28)15-10-12-16(30-5)13-11-15/h6-13,27H,1-5H3. The summed E-state index contributed by atoms with van der Waals surface area (Å²) < 4.78 is 10.5. The van der Waals surface area contributed by atoms with E-state index in [0.717, 1.165) is 0 Å². The van der Waals surface area contributed by atoms with Crippen molar-refractivity contribution >= 4 is 23.4 Å². The van der Waals surface area contributed by atoms with Gasteiger partial charge < -0.3 is 14.6 Å². The average molecular weight is 420 g/mol. The highest BCUT2D eigenvalue weighted by Crippen LogP contribution is 2.27. The van der Waals surface area contributed by atoms with E-state index in [0.29, 0.717) is 22.4 Å². The number of methoxy groups -OCH3 is 1. The largest absolute Gasteiger partial charge is 0.512 e. The molecule has 2 aromatic rings. The number of aliphatic imine (C=N–C) groups is 2. The van der Waals surface area contributed by atoms with Crippen molar-refractivity contribution in [2.75, 3.05) is 7.11 Å². The molecule has 0 atom stereocenters. The van der Waals surface area contributed by atoms with Crippen LogP contribution in [0.25, 0.3) is 0 Å². The molecular formula is C24H24N2O5. The zero-order valence-electron chi connectivity index (χ0n) is 18.1. The van der Waals surface area contributed by atoms with Gasteiger partial charge in [0.15, 0.2) is 5.84 Å². The molecule has 0 aromatic heterocycles. The van der Waals surface area contributed by atoms with Crippen molar-refractivity contribution in [1.82, 2.24) is 0 Å². The smallest absolute Gasteiger partial charge is 0.344 e. The number of esters is 1. The number of benzene rings is 2. The van der Waals surface area contributed by atoms with Crippen LogP contribution in [0.2, 0.25) is 0 Å². The second-order valence-electron chi connectivity index (χ2n) is 7.94. The molecule has 0 unspecified atom stereocenters. The first-order valence-corrected chi connectivity index (χ1v) is 9.70. The van der Waals surface area contributed by atoms with Gasteiger partial charge in [-0.2, -0.15) is 4.99 Å². The summed E-state index contributed by atoms with van der Waals surface area (Å²) in [5, 5.41) is 10.2. The fourth-order valence-corrected chi connectivity index (χ4v) is 3.03. The minimum Gasteiger partial charge on any atom is -0.512 e. The molecule has 31 heavy (non-hydrogen) atoms. The van der Waals surface area contributed by atoms with Gasteiger partial charge >= 0.3 is 5.97 Å². The van der Waals surface area contributed by atoms with Crippen LogP contribution in [-0.4, -0.2) is 41.2 Å². The molecule has 1 heterocycles. The molecule has 7 nitrogen and oxygen atoms in total. The van der Waals surface area contributed by atoms with E-state index in [-0.39, 0.29) is 22.9 Å². The number of aliphatic hydroxyl groups excluding tert-OH is 1. The highest BCUT2D eigenvalue weighted by atomic mass is 16.6. The van der Waals surface area contributed by atoms with E-state index in [1.54, 1.807) is 76.4 Å². The van der Waals surface area contributed by atoms with Crippen molar-refractivity contribution in [3.05, 3.63) is 76.6 Å². The molecule has 1 amide bonds. The highest BCUT2D eigenvalue weighted by Gasteiger charge is 2.32. The van der Waals surface area contributed by atoms with Gasteiger partial charge in [-0.25, -0.2) is 9.79 Å². The van der Waals surface area contributed by atoms with E-state index in [1.807, 2.05) is 0 Å². The summed E-state index contributed by atoms with van der Waals surface area (Å²) in [5.41, 5.74) is 0.934. The summed E-state index contributed by atoms with van der Waals surface area (Å²) in [5.74, 6) is -0.634. The molecule has 1 N–H and O–H groups in total. The lowest BCUT2D eigenvalue weighted by Gasteiger charge is -2.21. The maximum absolute atomic E-state index is 12.8. The Bertz CT molecular complexity index is 1120. The van der Waals surface area contributed by atoms with Gasteiger partial charge in [0.25, 0.3) is 5.91 Å². The number of hydrogen-bond acceptors (Lipinski definition) is 5. The van der Waals surface area contributed by atoms with Gasteiger partial charge in [-0.15, -0.1) is 0 Å². The zero-order valence-corrected chi connectivity index (χ0v) is 18.1. The molecule has 0 saturated carbocycles. The van der Waals surface area contributed by atoms with Crippen LogP contribution in [0.3, 0.4) is 0 Å². The first kappa shape index (κ1) is 22.0. The predicted molar refractivity (Wildman–Crippen MR) is 118 cm³/mol. The first-order chi connectivity index (χ1) is 14.6. The Hall–Kier alpha value is -3.74. The van der Waals surface area contributed by atoms with Crippen molar-refractivity contribution in [3.8, 4) is 5.75 Å². The van der Waals surface area contributed by atoms with Crippen LogP contribution in [0.5, 0.6) is 5.75 Å². The van der Waals surface area contributed by atoms with Gasteiger partial charge in [0.2, 0.25) is 0 Å². The number of nitrogens with zero attached hydrogens (tertiary/aromatic N) is 2. The van der Waals surface area contributed by atoms with Crippen molar-refractivity contribution in [2.45, 2.75) is 33.3 Å². The number of aliphatic hydroxyl groups is 1. The molecule has 2 aromatic carbocycles. The van der Waals surface area contributed by atoms with Crippen LogP contribution in [0, 0.1) is 0 Å². The summed E-state index contributed by atoms with van der Waals surface area (Å²) in [6.07, 6.45) is 0. The van der Waals surface area contributed by atoms with E-state index in [4.69, 9.17) is 9.47 Å². The van der Waals surface area contributed by atoms with Gasteiger partial charge in [-0.3, -0.25) is 4.79 Å². The Labute approximate surface area is 180 Å². The van der Waals surface area contributed by atoms with E-state index >= 15 is 0 Å². The van der Waals surface area contributed by atoms with Gasteiger partial charge in [0.05, 0.1) is 12.8 Å². The summed E-state index contributed by atoms with van der Waals surface area (Å²) in [6.45, 7) is 6.60. The lowest BCUT2D eigenvalue weighted by molar-refractivity contribution is -0.149. The van der Waals surface area contributed by atoms with Crippen LogP contribution in [0.15, 0.2) is 69.8 Å². The third-order valence-corrected chi connectivity index (χ3v) is 4.39. The second-order valence-corrected chi connectivity index (χ2v) is 7.94. The van der Waals surface area contributed by atoms with Crippen molar-refractivity contribution in [2.24, 2.45) is 9.98 Å². The Kier molecular flexibility index (Phi) is 6.06. The first-order valence-electron chi connectivity index (χ1n) is 9.70. The normalized spacial score (nSPS) is 15.1. The van der Waals surface area contributed by atoms with E-state index in [1.165, 1.54) is 6.92 Å². The van der Waals surface area contributed by atoms with Gasteiger partial charge in [0, 0.05) is 16.7 Å². The summed E-state index contributed by atoms with van der Waals surface area (Å²) >= 11 is 0. The molecule has 7 heteroatoms. The minimum atomic E-state index is -0.752. The maximum Gasteiger partial charge on any atom is 0.344 e. The van der Waals surface area contributed by atoms with Gasteiger partial charge in [0.1, 0.15) is 22.7 Å². The van der Waals surface area contributed by atoms with Crippen LogP contribution in [-0.2, 0) is 9.53 Å². The molecular weight excluding hydrogens is 396 g/mol. The molecule has 0 spiro atoms. The number of amides is 1. The summed E-state index contributed by atoms with van der Waals surface area (Å²) in [7, 11) is 1.54. The number of hydrogen-bond donors (Lipinski definition) is 1.